The number of nitrogens with two attached hydrogens (primary N) is 1. The number of hydrogen-bond acceptors (Lipinski definition) is 3. The highest BCUT2D eigenvalue weighted by Gasteiger charge is 2.31. The molecule has 0 bridgehead atoms. The first-order valence-electron chi connectivity index (χ1n) is 4.01. The van der Waals surface area contributed by atoms with Crippen LogP contribution >= 0.6 is 0 Å². The summed E-state index contributed by atoms with van der Waals surface area (Å²) in [6.07, 6.45) is 0. The zero-order valence-electron chi connectivity index (χ0n) is 7.59. The molecule has 0 radical (unpaired) electrons. The van der Waals surface area contributed by atoms with Crippen molar-refractivity contribution < 1.29 is 8.78 Å². The summed E-state index contributed by atoms with van der Waals surface area (Å²) in [6.45, 7) is 3.07. The lowest BCUT2D eigenvalue weighted by Crippen LogP contribution is -2.18. The molecule has 0 aliphatic rings. The van der Waals surface area contributed by atoms with Gasteiger partial charge in [-0.3, -0.25) is 0 Å². The normalized spacial score (nSPS) is 12.1. The molecule has 2 N–H and O–H groups in total. The molecule has 1 aromatic rings. The molecule has 0 aliphatic heterocycles. The molecule has 0 amide bonds. The smallest absolute Gasteiger partial charge is 0.304 e. The maximum atomic E-state index is 12.9. The summed E-state index contributed by atoms with van der Waals surface area (Å²) in [5.41, 5.74) is 5.31. The highest BCUT2D eigenvalue weighted by molar-refractivity contribution is 5.00. The summed E-state index contributed by atoms with van der Waals surface area (Å²) in [5, 5.41) is 6.99. The van der Waals surface area contributed by atoms with Gasteiger partial charge in [0.1, 0.15) is 5.82 Å². The average molecular weight is 190 g/mol. The molecule has 6 heteroatoms. The van der Waals surface area contributed by atoms with Gasteiger partial charge >= 0.3 is 5.92 Å². The fraction of sp³-hybridized carbons (Fsp3) is 0.714. The molecule has 0 saturated carbocycles. The maximum absolute atomic E-state index is 12.9. The summed E-state index contributed by atoms with van der Waals surface area (Å²) in [6, 6.07) is 0. The van der Waals surface area contributed by atoms with Crippen LogP contribution in [0.15, 0.2) is 0 Å². The van der Waals surface area contributed by atoms with Gasteiger partial charge in [0.2, 0.25) is 5.82 Å². The van der Waals surface area contributed by atoms with Gasteiger partial charge in [-0.25, -0.2) is 0 Å². The van der Waals surface area contributed by atoms with Crippen LogP contribution in [0.25, 0.3) is 0 Å². The summed E-state index contributed by atoms with van der Waals surface area (Å²) in [5.74, 6) is -2.90. The van der Waals surface area contributed by atoms with E-state index in [1.165, 1.54) is 4.57 Å². The van der Waals surface area contributed by atoms with Crippen LogP contribution in [0.2, 0.25) is 0 Å². The number of alkyl halides is 2. The third-order valence-electron chi connectivity index (χ3n) is 1.72. The van der Waals surface area contributed by atoms with Gasteiger partial charge in [-0.1, -0.05) is 0 Å². The molecule has 0 aliphatic carbocycles. The largest absolute Gasteiger partial charge is 0.324 e. The summed E-state index contributed by atoms with van der Waals surface area (Å²) >= 11 is 0. The molecular weight excluding hydrogens is 178 g/mol. The van der Waals surface area contributed by atoms with Crippen LogP contribution in [0.5, 0.6) is 0 Å². The van der Waals surface area contributed by atoms with Crippen molar-refractivity contribution in [2.45, 2.75) is 32.9 Å². The fourth-order valence-corrected chi connectivity index (χ4v) is 1.14. The lowest BCUT2D eigenvalue weighted by Gasteiger charge is -2.11. The van der Waals surface area contributed by atoms with Crippen LogP contribution in [0.3, 0.4) is 0 Å². The molecule has 0 aromatic carbocycles. The van der Waals surface area contributed by atoms with Crippen LogP contribution in [0, 0.1) is 0 Å². The second kappa shape index (κ2) is 3.37. The Kier molecular flexibility index (Phi) is 2.60. The molecule has 1 heterocycles. The van der Waals surface area contributed by atoms with Gasteiger partial charge in [-0.05, 0) is 6.92 Å². The first-order valence-corrected chi connectivity index (χ1v) is 4.01. The van der Waals surface area contributed by atoms with Crippen molar-refractivity contribution in [3.8, 4) is 0 Å². The molecule has 4 nitrogen and oxygen atoms in total. The molecule has 0 saturated heterocycles. The van der Waals surface area contributed by atoms with E-state index in [1.54, 1.807) is 6.92 Å². The second-order valence-electron chi connectivity index (χ2n) is 2.78. The molecule has 0 atom stereocenters. The van der Waals surface area contributed by atoms with Crippen LogP contribution < -0.4 is 5.73 Å². The maximum Gasteiger partial charge on any atom is 0.304 e. The molecule has 0 spiro atoms. The monoisotopic (exact) mass is 190 g/mol. The van der Waals surface area contributed by atoms with Crippen molar-refractivity contribution in [1.82, 2.24) is 14.8 Å². The third-order valence-corrected chi connectivity index (χ3v) is 1.72. The van der Waals surface area contributed by atoms with Crippen molar-refractivity contribution in [3.63, 3.8) is 0 Å². The predicted molar refractivity (Wildman–Crippen MR) is 43.2 cm³/mol. The Bertz CT molecular complexity index is 289. The van der Waals surface area contributed by atoms with Gasteiger partial charge in [-0.2, -0.15) is 8.78 Å². The average Bonchev–Trinajstić information content (AvgIpc) is 2.45. The molecule has 0 unspecified atom stereocenters. The molecule has 1 aromatic heterocycles. The van der Waals surface area contributed by atoms with E-state index in [4.69, 9.17) is 5.73 Å². The Balaban J connectivity index is 3.16. The molecular formula is C7H12F2N4. The van der Waals surface area contributed by atoms with Crippen LogP contribution in [-0.2, 0) is 19.0 Å². The Morgan fingerprint density at radius 3 is 2.46 bits per heavy atom. The molecule has 13 heavy (non-hydrogen) atoms. The highest BCUT2D eigenvalue weighted by atomic mass is 19.3. The van der Waals surface area contributed by atoms with E-state index in [0.717, 1.165) is 6.92 Å². The third kappa shape index (κ3) is 1.82. The summed E-state index contributed by atoms with van der Waals surface area (Å²) in [4.78, 5) is 0. The first kappa shape index (κ1) is 10.0. The van der Waals surface area contributed by atoms with Crippen molar-refractivity contribution in [1.29, 1.82) is 0 Å². The van der Waals surface area contributed by atoms with E-state index in [2.05, 4.69) is 10.2 Å². The van der Waals surface area contributed by atoms with Gasteiger partial charge in [-0.15, -0.1) is 10.2 Å². The van der Waals surface area contributed by atoms with E-state index < -0.39 is 5.92 Å². The standard InChI is InChI=1S/C7H12F2N4/c1-3-13-5(4-10)11-12-6(13)7(2,8)9/h3-4,10H2,1-2H3. The van der Waals surface area contributed by atoms with Crippen LogP contribution in [0.4, 0.5) is 8.78 Å². The van der Waals surface area contributed by atoms with E-state index in [-0.39, 0.29) is 12.4 Å². The minimum absolute atomic E-state index is 0.122. The van der Waals surface area contributed by atoms with Crippen LogP contribution in [0.1, 0.15) is 25.5 Å². The number of rotatable bonds is 3. The number of hydrogen-bond donors (Lipinski definition) is 1. The Labute approximate surface area is 74.8 Å². The lowest BCUT2D eigenvalue weighted by atomic mass is 10.3. The van der Waals surface area contributed by atoms with Gasteiger partial charge in [0.15, 0.2) is 0 Å². The highest BCUT2D eigenvalue weighted by Crippen LogP contribution is 2.25. The zero-order chi connectivity index (χ0) is 10.1. The molecule has 1 rings (SSSR count). The van der Waals surface area contributed by atoms with E-state index in [9.17, 15) is 8.78 Å². The Hall–Kier alpha value is -1.04. The number of nitrogens with zero attached hydrogens (tertiary/aromatic N) is 3. The fourth-order valence-electron chi connectivity index (χ4n) is 1.14. The Morgan fingerprint density at radius 1 is 1.46 bits per heavy atom. The topological polar surface area (TPSA) is 56.7 Å². The predicted octanol–water partition coefficient (Wildman–Crippen LogP) is 0.868. The van der Waals surface area contributed by atoms with Crippen molar-refractivity contribution in [3.05, 3.63) is 11.6 Å². The van der Waals surface area contributed by atoms with Crippen molar-refractivity contribution in [2.24, 2.45) is 5.73 Å². The van der Waals surface area contributed by atoms with Gasteiger partial charge < -0.3 is 10.3 Å². The van der Waals surface area contributed by atoms with E-state index in [0.29, 0.717) is 12.4 Å². The van der Waals surface area contributed by atoms with Crippen LogP contribution in [-0.4, -0.2) is 14.8 Å². The zero-order valence-corrected chi connectivity index (χ0v) is 7.59. The van der Waals surface area contributed by atoms with E-state index in [1.807, 2.05) is 0 Å². The Morgan fingerprint density at radius 2 is 2.08 bits per heavy atom. The first-order chi connectivity index (χ1) is 6.00. The minimum atomic E-state index is -2.96. The second-order valence-corrected chi connectivity index (χ2v) is 2.78. The van der Waals surface area contributed by atoms with Gasteiger partial charge in [0.05, 0.1) is 6.54 Å². The van der Waals surface area contributed by atoms with Gasteiger partial charge in [0.25, 0.3) is 0 Å². The summed E-state index contributed by atoms with van der Waals surface area (Å²) in [7, 11) is 0. The van der Waals surface area contributed by atoms with Crippen molar-refractivity contribution in [2.75, 3.05) is 0 Å². The SMILES string of the molecule is CCn1c(CN)nnc1C(C)(F)F. The molecule has 0 fully saturated rings. The number of aromatic nitrogens is 3. The number of halogens is 2. The van der Waals surface area contributed by atoms with Gasteiger partial charge in [0, 0.05) is 13.5 Å². The quantitative estimate of drug-likeness (QED) is 0.769. The molecule has 74 valence electrons. The van der Waals surface area contributed by atoms with E-state index >= 15 is 0 Å². The summed E-state index contributed by atoms with van der Waals surface area (Å²) < 4.78 is 27.1. The van der Waals surface area contributed by atoms with Crippen molar-refractivity contribution >= 4 is 0 Å². The lowest BCUT2D eigenvalue weighted by molar-refractivity contribution is 0.00369. The minimum Gasteiger partial charge on any atom is -0.324 e.